The summed E-state index contributed by atoms with van der Waals surface area (Å²) in [5.41, 5.74) is 0.497. The van der Waals surface area contributed by atoms with Gasteiger partial charge < -0.3 is 9.64 Å². The van der Waals surface area contributed by atoms with Gasteiger partial charge in [-0.3, -0.25) is 4.98 Å². The van der Waals surface area contributed by atoms with Gasteiger partial charge in [-0.05, 0) is 17.7 Å². The Labute approximate surface area is 136 Å². The number of benzene rings is 1. The van der Waals surface area contributed by atoms with Gasteiger partial charge in [0, 0.05) is 30.9 Å². The average molecular weight is 336 g/mol. The van der Waals surface area contributed by atoms with E-state index in [1.54, 1.807) is 0 Å². The summed E-state index contributed by atoms with van der Waals surface area (Å²) in [7, 11) is 0. The van der Waals surface area contributed by atoms with E-state index in [2.05, 4.69) is 4.98 Å². The Morgan fingerprint density at radius 1 is 1.21 bits per heavy atom. The van der Waals surface area contributed by atoms with Crippen LogP contribution in [0.2, 0.25) is 0 Å². The van der Waals surface area contributed by atoms with Gasteiger partial charge in [0.2, 0.25) is 0 Å². The van der Waals surface area contributed by atoms with Crippen molar-refractivity contribution in [2.45, 2.75) is 18.7 Å². The fourth-order valence-electron chi connectivity index (χ4n) is 2.47. The van der Waals surface area contributed by atoms with E-state index in [9.17, 15) is 18.0 Å². The molecular formula is C17H15F3N2O2. The van der Waals surface area contributed by atoms with Gasteiger partial charge in [-0.15, -0.1) is 0 Å². The first-order valence-corrected chi connectivity index (χ1v) is 7.42. The molecule has 1 aliphatic rings. The molecule has 1 aliphatic heterocycles. The summed E-state index contributed by atoms with van der Waals surface area (Å²) < 4.78 is 43.3. The molecule has 3 rings (SSSR count). The van der Waals surface area contributed by atoms with Crippen LogP contribution >= 0.6 is 0 Å². The zero-order valence-corrected chi connectivity index (χ0v) is 12.7. The predicted octanol–water partition coefficient (Wildman–Crippen LogP) is 3.84. The van der Waals surface area contributed by atoms with Crippen molar-refractivity contribution in [3.63, 3.8) is 0 Å². The quantitative estimate of drug-likeness (QED) is 0.855. The molecule has 1 saturated heterocycles. The summed E-state index contributed by atoms with van der Waals surface area (Å²) in [5.74, 6) is -0.198. The number of ether oxygens (including phenoxy) is 1. The molecule has 1 aromatic carbocycles. The summed E-state index contributed by atoms with van der Waals surface area (Å²) in [6, 6.07) is 11.2. The average Bonchev–Trinajstić information content (AvgIpc) is 2.52. The molecule has 0 spiro atoms. The van der Waals surface area contributed by atoms with E-state index in [-0.39, 0.29) is 12.5 Å². The number of likely N-dealkylation sites (tertiary alicyclic amines) is 1. The number of aromatic nitrogens is 1. The van der Waals surface area contributed by atoms with Crippen molar-refractivity contribution in [1.29, 1.82) is 0 Å². The lowest BCUT2D eigenvalue weighted by atomic mass is 9.95. The van der Waals surface area contributed by atoms with Gasteiger partial charge in [-0.25, -0.2) is 4.79 Å². The Kier molecular flexibility index (Phi) is 4.42. The lowest BCUT2D eigenvalue weighted by Gasteiger charge is -2.38. The summed E-state index contributed by atoms with van der Waals surface area (Å²) in [4.78, 5) is 17.3. The number of nitrogens with zero attached hydrogens (tertiary/aromatic N) is 2. The van der Waals surface area contributed by atoms with Crippen molar-refractivity contribution in [1.82, 2.24) is 9.88 Å². The SMILES string of the molecule is O=C(OCc1ccccc1)N1CC(c2cc(C(F)(F)F)ccn2)C1. The number of amides is 1. The maximum absolute atomic E-state index is 12.7. The number of alkyl halides is 3. The first-order valence-electron chi connectivity index (χ1n) is 7.42. The van der Waals surface area contributed by atoms with Crippen molar-refractivity contribution in [2.24, 2.45) is 0 Å². The minimum atomic E-state index is -4.39. The van der Waals surface area contributed by atoms with E-state index in [0.29, 0.717) is 18.8 Å². The predicted molar refractivity (Wildman–Crippen MR) is 80.2 cm³/mol. The van der Waals surface area contributed by atoms with Crippen LogP contribution in [0.25, 0.3) is 0 Å². The van der Waals surface area contributed by atoms with Crippen LogP contribution in [-0.4, -0.2) is 29.1 Å². The van der Waals surface area contributed by atoms with Crippen LogP contribution in [0.5, 0.6) is 0 Å². The molecule has 0 radical (unpaired) electrons. The van der Waals surface area contributed by atoms with Crippen molar-refractivity contribution in [3.05, 3.63) is 65.5 Å². The molecule has 0 atom stereocenters. The molecule has 1 amide bonds. The van der Waals surface area contributed by atoms with Gasteiger partial charge in [0.15, 0.2) is 0 Å². The maximum atomic E-state index is 12.7. The number of carbonyl (C=O) groups is 1. The molecule has 4 nitrogen and oxygen atoms in total. The molecule has 0 saturated carbocycles. The fraction of sp³-hybridized carbons (Fsp3) is 0.294. The zero-order chi connectivity index (χ0) is 17.2. The van der Waals surface area contributed by atoms with E-state index in [0.717, 1.165) is 23.9 Å². The highest BCUT2D eigenvalue weighted by Crippen LogP contribution is 2.32. The van der Waals surface area contributed by atoms with Crippen molar-refractivity contribution in [3.8, 4) is 0 Å². The third kappa shape index (κ3) is 3.67. The highest BCUT2D eigenvalue weighted by atomic mass is 19.4. The minimum absolute atomic E-state index is 0.169. The number of hydrogen-bond acceptors (Lipinski definition) is 3. The largest absolute Gasteiger partial charge is 0.445 e. The number of hydrogen-bond donors (Lipinski definition) is 0. The van der Waals surface area contributed by atoms with Gasteiger partial charge >= 0.3 is 12.3 Å². The monoisotopic (exact) mass is 336 g/mol. The maximum Gasteiger partial charge on any atom is 0.416 e. The van der Waals surface area contributed by atoms with E-state index in [1.165, 1.54) is 4.90 Å². The summed E-state index contributed by atoms with van der Waals surface area (Å²) in [6.45, 7) is 0.784. The number of rotatable bonds is 3. The third-order valence-electron chi connectivity index (χ3n) is 3.87. The number of pyridine rings is 1. The first kappa shape index (κ1) is 16.3. The highest BCUT2D eigenvalue weighted by Gasteiger charge is 2.36. The molecule has 2 heterocycles. The van der Waals surface area contributed by atoms with Crippen LogP contribution in [0, 0.1) is 0 Å². The Morgan fingerprint density at radius 3 is 2.58 bits per heavy atom. The molecule has 0 N–H and O–H groups in total. The standard InChI is InChI=1S/C17H15F3N2O2/c18-17(19,20)14-6-7-21-15(8-14)13-9-22(10-13)16(23)24-11-12-4-2-1-3-5-12/h1-8,13H,9-11H2. The van der Waals surface area contributed by atoms with Gasteiger partial charge in [0.1, 0.15) is 6.61 Å². The Balaban J connectivity index is 1.53. The Bertz CT molecular complexity index is 713. The first-order chi connectivity index (χ1) is 11.4. The van der Waals surface area contributed by atoms with E-state index in [1.807, 2.05) is 30.3 Å². The van der Waals surface area contributed by atoms with Gasteiger partial charge in [0.05, 0.1) is 5.56 Å². The third-order valence-corrected chi connectivity index (χ3v) is 3.87. The smallest absolute Gasteiger partial charge is 0.416 e. The van der Waals surface area contributed by atoms with Crippen molar-refractivity contribution < 1.29 is 22.7 Å². The van der Waals surface area contributed by atoms with Crippen LogP contribution in [0.1, 0.15) is 22.7 Å². The van der Waals surface area contributed by atoms with Crippen LogP contribution in [0.3, 0.4) is 0 Å². The van der Waals surface area contributed by atoms with Gasteiger partial charge in [-0.1, -0.05) is 30.3 Å². The molecular weight excluding hydrogens is 321 g/mol. The molecule has 0 bridgehead atoms. The molecule has 7 heteroatoms. The lowest BCUT2D eigenvalue weighted by molar-refractivity contribution is -0.137. The summed E-state index contributed by atoms with van der Waals surface area (Å²) in [6.07, 6.45) is -3.72. The van der Waals surface area contributed by atoms with Gasteiger partial charge in [-0.2, -0.15) is 13.2 Å². The molecule has 1 fully saturated rings. The second-order valence-electron chi connectivity index (χ2n) is 5.61. The van der Waals surface area contributed by atoms with Crippen LogP contribution in [0.4, 0.5) is 18.0 Å². The zero-order valence-electron chi connectivity index (χ0n) is 12.7. The molecule has 126 valence electrons. The van der Waals surface area contributed by atoms with Crippen LogP contribution < -0.4 is 0 Å². The number of carbonyl (C=O) groups excluding carboxylic acids is 1. The molecule has 24 heavy (non-hydrogen) atoms. The molecule has 0 unspecified atom stereocenters. The second-order valence-corrected chi connectivity index (χ2v) is 5.61. The second kappa shape index (κ2) is 6.51. The molecule has 2 aromatic rings. The molecule has 1 aromatic heterocycles. The molecule has 0 aliphatic carbocycles. The fourth-order valence-corrected chi connectivity index (χ4v) is 2.47. The highest BCUT2D eigenvalue weighted by molar-refractivity contribution is 5.69. The summed E-state index contributed by atoms with van der Waals surface area (Å²) in [5, 5.41) is 0. The lowest BCUT2D eigenvalue weighted by Crippen LogP contribution is -2.48. The minimum Gasteiger partial charge on any atom is -0.445 e. The van der Waals surface area contributed by atoms with E-state index >= 15 is 0 Å². The topological polar surface area (TPSA) is 42.4 Å². The van der Waals surface area contributed by atoms with Gasteiger partial charge in [0.25, 0.3) is 0 Å². The van der Waals surface area contributed by atoms with Crippen molar-refractivity contribution in [2.75, 3.05) is 13.1 Å². The summed E-state index contributed by atoms with van der Waals surface area (Å²) >= 11 is 0. The van der Waals surface area contributed by atoms with Crippen molar-refractivity contribution >= 4 is 6.09 Å². The Hall–Kier alpha value is -2.57. The van der Waals surface area contributed by atoms with E-state index in [4.69, 9.17) is 4.74 Å². The Morgan fingerprint density at radius 2 is 1.92 bits per heavy atom. The van der Waals surface area contributed by atoms with E-state index < -0.39 is 17.8 Å². The van der Waals surface area contributed by atoms with Crippen LogP contribution in [0.15, 0.2) is 48.7 Å². The number of halogens is 3. The normalized spacial score (nSPS) is 15.0. The van der Waals surface area contributed by atoms with Crippen LogP contribution in [-0.2, 0) is 17.5 Å².